The summed E-state index contributed by atoms with van der Waals surface area (Å²) in [7, 11) is 0. The van der Waals surface area contributed by atoms with Crippen LogP contribution in [0.3, 0.4) is 0 Å². The normalized spacial score (nSPS) is 11.6. The first kappa shape index (κ1) is 19.3. The van der Waals surface area contributed by atoms with Crippen molar-refractivity contribution in [3.8, 4) is 0 Å². The number of hydrogen-bond donors (Lipinski definition) is 2. The third-order valence-electron chi connectivity index (χ3n) is 3.52. The lowest BCUT2D eigenvalue weighted by atomic mass is 10.1. The molecule has 1 aromatic carbocycles. The maximum atomic E-state index is 12.5. The standard InChI is InChI=1S/C18H20ClN3O2S/c1-25-11-9-16(18(24)21-12-13-6-4-5-10-20-13)22-17(23)14-7-2-3-8-15(14)19/h2-8,10,16H,9,11-12H2,1H3,(H,21,24)(H,22,23). The average molecular weight is 378 g/mol. The van der Waals surface area contributed by atoms with Crippen molar-refractivity contribution in [3.05, 3.63) is 64.9 Å². The Morgan fingerprint density at radius 3 is 2.64 bits per heavy atom. The molecule has 5 nitrogen and oxygen atoms in total. The molecule has 132 valence electrons. The average Bonchev–Trinajstić information content (AvgIpc) is 2.64. The van der Waals surface area contributed by atoms with Gasteiger partial charge in [-0.15, -0.1) is 0 Å². The van der Waals surface area contributed by atoms with Gasteiger partial charge in [0.05, 0.1) is 22.8 Å². The van der Waals surface area contributed by atoms with Crippen molar-refractivity contribution in [1.29, 1.82) is 0 Å². The molecule has 2 amide bonds. The molecule has 2 N–H and O–H groups in total. The van der Waals surface area contributed by atoms with Crippen molar-refractivity contribution < 1.29 is 9.59 Å². The number of aromatic nitrogens is 1. The van der Waals surface area contributed by atoms with Gasteiger partial charge in [-0.2, -0.15) is 11.8 Å². The number of amides is 2. The third kappa shape index (κ3) is 6.07. The number of nitrogens with one attached hydrogen (secondary N) is 2. The molecule has 0 radical (unpaired) electrons. The minimum Gasteiger partial charge on any atom is -0.349 e. The summed E-state index contributed by atoms with van der Waals surface area (Å²) >= 11 is 7.67. The van der Waals surface area contributed by atoms with E-state index in [9.17, 15) is 9.59 Å². The molecule has 0 aliphatic carbocycles. The molecular formula is C18H20ClN3O2S. The van der Waals surface area contributed by atoms with Crippen molar-refractivity contribution in [2.45, 2.75) is 19.0 Å². The second kappa shape index (κ2) is 10.1. The molecule has 2 rings (SSSR count). The largest absolute Gasteiger partial charge is 0.349 e. The zero-order chi connectivity index (χ0) is 18.1. The van der Waals surface area contributed by atoms with Crippen LogP contribution in [0.5, 0.6) is 0 Å². The summed E-state index contributed by atoms with van der Waals surface area (Å²) in [5.74, 6) is 0.162. The molecule has 1 atom stereocenters. The van der Waals surface area contributed by atoms with E-state index in [1.54, 1.807) is 42.2 Å². The van der Waals surface area contributed by atoms with Gasteiger partial charge in [0.1, 0.15) is 6.04 Å². The van der Waals surface area contributed by atoms with Crippen LogP contribution in [-0.4, -0.2) is 34.8 Å². The predicted molar refractivity (Wildman–Crippen MR) is 102 cm³/mol. The van der Waals surface area contributed by atoms with Crippen molar-refractivity contribution >= 4 is 35.2 Å². The highest BCUT2D eigenvalue weighted by atomic mass is 35.5. The Hall–Kier alpha value is -2.05. The van der Waals surface area contributed by atoms with Crippen molar-refractivity contribution in [2.75, 3.05) is 12.0 Å². The maximum absolute atomic E-state index is 12.5. The zero-order valence-electron chi connectivity index (χ0n) is 13.9. The number of nitrogens with zero attached hydrogens (tertiary/aromatic N) is 1. The number of halogens is 1. The van der Waals surface area contributed by atoms with Gasteiger partial charge in [0.15, 0.2) is 0 Å². The molecule has 1 aromatic heterocycles. The third-order valence-corrected chi connectivity index (χ3v) is 4.49. The Kier molecular flexibility index (Phi) is 7.76. The summed E-state index contributed by atoms with van der Waals surface area (Å²) < 4.78 is 0. The van der Waals surface area contributed by atoms with Crippen LogP contribution in [0.15, 0.2) is 48.7 Å². The van der Waals surface area contributed by atoms with Gasteiger partial charge in [-0.3, -0.25) is 14.6 Å². The molecule has 1 unspecified atom stereocenters. The Bertz CT molecular complexity index is 712. The summed E-state index contributed by atoms with van der Waals surface area (Å²) in [6, 6.07) is 11.7. The van der Waals surface area contributed by atoms with Crippen molar-refractivity contribution in [2.24, 2.45) is 0 Å². The number of hydrogen-bond acceptors (Lipinski definition) is 4. The zero-order valence-corrected chi connectivity index (χ0v) is 15.4. The lowest BCUT2D eigenvalue weighted by Gasteiger charge is -2.18. The summed E-state index contributed by atoms with van der Waals surface area (Å²) in [4.78, 5) is 29.1. The van der Waals surface area contributed by atoms with Gasteiger partial charge in [0.2, 0.25) is 5.91 Å². The smallest absolute Gasteiger partial charge is 0.253 e. The molecule has 0 saturated carbocycles. The van der Waals surface area contributed by atoms with Crippen LogP contribution >= 0.6 is 23.4 Å². The molecule has 25 heavy (non-hydrogen) atoms. The first-order valence-corrected chi connectivity index (χ1v) is 9.61. The SMILES string of the molecule is CSCCC(NC(=O)c1ccccc1Cl)C(=O)NCc1ccccn1. The minimum atomic E-state index is -0.625. The molecule has 0 saturated heterocycles. The van der Waals surface area contributed by atoms with E-state index in [2.05, 4.69) is 15.6 Å². The summed E-state index contributed by atoms with van der Waals surface area (Å²) in [5, 5.41) is 5.96. The van der Waals surface area contributed by atoms with Crippen LogP contribution in [0.2, 0.25) is 5.02 Å². The van der Waals surface area contributed by atoms with Crippen LogP contribution in [0, 0.1) is 0 Å². The number of carbonyl (C=O) groups is 2. The van der Waals surface area contributed by atoms with E-state index in [1.807, 2.05) is 24.5 Å². The molecular weight excluding hydrogens is 358 g/mol. The van der Waals surface area contributed by atoms with E-state index in [1.165, 1.54) is 0 Å². The number of benzene rings is 1. The summed E-state index contributed by atoms with van der Waals surface area (Å²) in [5.41, 5.74) is 1.12. The van der Waals surface area contributed by atoms with Gasteiger partial charge in [-0.05, 0) is 42.7 Å². The fourth-order valence-corrected chi connectivity index (χ4v) is 2.88. The van der Waals surface area contributed by atoms with Gasteiger partial charge in [-0.25, -0.2) is 0 Å². The number of thioether (sulfide) groups is 1. The lowest BCUT2D eigenvalue weighted by Crippen LogP contribution is -2.47. The maximum Gasteiger partial charge on any atom is 0.253 e. The van der Waals surface area contributed by atoms with E-state index in [-0.39, 0.29) is 11.8 Å². The van der Waals surface area contributed by atoms with Crippen LogP contribution in [0.4, 0.5) is 0 Å². The summed E-state index contributed by atoms with van der Waals surface area (Å²) in [6.45, 7) is 0.317. The molecule has 0 aliphatic heterocycles. The minimum absolute atomic E-state index is 0.236. The van der Waals surface area contributed by atoms with Gasteiger partial charge >= 0.3 is 0 Å². The first-order valence-electron chi connectivity index (χ1n) is 7.83. The number of pyridine rings is 1. The van der Waals surface area contributed by atoms with E-state index >= 15 is 0 Å². The Labute approximate surface area is 156 Å². The Morgan fingerprint density at radius 2 is 1.96 bits per heavy atom. The van der Waals surface area contributed by atoms with Crippen LogP contribution in [-0.2, 0) is 11.3 Å². The molecule has 0 bridgehead atoms. The van der Waals surface area contributed by atoms with E-state index in [0.717, 1.165) is 11.4 Å². The van der Waals surface area contributed by atoms with Crippen LogP contribution in [0.25, 0.3) is 0 Å². The van der Waals surface area contributed by atoms with Crippen LogP contribution in [0.1, 0.15) is 22.5 Å². The fourth-order valence-electron chi connectivity index (χ4n) is 2.19. The molecule has 7 heteroatoms. The van der Waals surface area contributed by atoms with E-state index in [0.29, 0.717) is 23.6 Å². The second-order valence-corrected chi connectivity index (χ2v) is 6.72. The number of carbonyl (C=O) groups excluding carboxylic acids is 2. The molecule has 0 fully saturated rings. The van der Waals surface area contributed by atoms with E-state index < -0.39 is 6.04 Å². The second-order valence-electron chi connectivity index (χ2n) is 5.33. The highest BCUT2D eigenvalue weighted by Gasteiger charge is 2.22. The Morgan fingerprint density at radius 1 is 1.20 bits per heavy atom. The van der Waals surface area contributed by atoms with Gasteiger partial charge in [0, 0.05) is 6.20 Å². The van der Waals surface area contributed by atoms with E-state index in [4.69, 9.17) is 11.6 Å². The molecule has 0 spiro atoms. The van der Waals surface area contributed by atoms with Crippen molar-refractivity contribution in [1.82, 2.24) is 15.6 Å². The highest BCUT2D eigenvalue weighted by molar-refractivity contribution is 7.98. The topological polar surface area (TPSA) is 71.1 Å². The Balaban J connectivity index is 2.00. The predicted octanol–water partition coefficient (Wildman–Crippen LogP) is 2.90. The first-order chi connectivity index (χ1) is 12.1. The summed E-state index contributed by atoms with van der Waals surface area (Å²) in [6.07, 6.45) is 4.16. The molecule has 0 aliphatic rings. The molecule has 1 heterocycles. The van der Waals surface area contributed by atoms with Gasteiger partial charge in [-0.1, -0.05) is 29.8 Å². The number of rotatable bonds is 8. The fraction of sp³-hybridized carbons (Fsp3) is 0.278. The van der Waals surface area contributed by atoms with Crippen LogP contribution < -0.4 is 10.6 Å². The quantitative estimate of drug-likeness (QED) is 0.742. The molecule has 2 aromatic rings. The van der Waals surface area contributed by atoms with Crippen molar-refractivity contribution in [3.63, 3.8) is 0 Å². The van der Waals surface area contributed by atoms with Gasteiger partial charge < -0.3 is 10.6 Å². The monoisotopic (exact) mass is 377 g/mol. The highest BCUT2D eigenvalue weighted by Crippen LogP contribution is 2.15. The lowest BCUT2D eigenvalue weighted by molar-refractivity contribution is -0.123. The van der Waals surface area contributed by atoms with Gasteiger partial charge in [0.25, 0.3) is 5.91 Å².